The molecule has 120 valence electrons. The van der Waals surface area contributed by atoms with Crippen molar-refractivity contribution in [1.82, 2.24) is 15.2 Å². The molecule has 1 aromatic heterocycles. The first kappa shape index (κ1) is 15.7. The summed E-state index contributed by atoms with van der Waals surface area (Å²) in [6.45, 7) is 4.60. The number of nitrogens with zero attached hydrogens (tertiary/aromatic N) is 2. The summed E-state index contributed by atoms with van der Waals surface area (Å²) in [6.07, 6.45) is 5.92. The molecule has 0 saturated carbocycles. The highest BCUT2D eigenvalue weighted by Crippen LogP contribution is 2.22. The van der Waals surface area contributed by atoms with Crippen molar-refractivity contribution in [2.75, 3.05) is 19.6 Å². The van der Waals surface area contributed by atoms with E-state index in [0.717, 1.165) is 24.2 Å². The first-order chi connectivity index (χ1) is 11.2. The lowest BCUT2D eigenvalue weighted by molar-refractivity contribution is -0.122. The van der Waals surface area contributed by atoms with Crippen LogP contribution in [0.1, 0.15) is 35.6 Å². The van der Waals surface area contributed by atoms with Gasteiger partial charge in [0.25, 0.3) is 0 Å². The number of nitrogens with one attached hydrogen (secondary N) is 1. The van der Waals surface area contributed by atoms with E-state index < -0.39 is 0 Å². The van der Waals surface area contributed by atoms with Crippen molar-refractivity contribution in [2.24, 2.45) is 0 Å². The van der Waals surface area contributed by atoms with E-state index in [-0.39, 0.29) is 11.9 Å². The molecule has 0 spiro atoms. The van der Waals surface area contributed by atoms with Gasteiger partial charge < -0.3 is 5.32 Å². The Morgan fingerprint density at radius 1 is 1.09 bits per heavy atom. The number of hydrogen-bond donors (Lipinski definition) is 1. The van der Waals surface area contributed by atoms with E-state index >= 15 is 0 Å². The van der Waals surface area contributed by atoms with Crippen molar-refractivity contribution >= 4 is 5.91 Å². The zero-order valence-electron chi connectivity index (χ0n) is 13.5. The molecule has 1 atom stereocenters. The molecule has 23 heavy (non-hydrogen) atoms. The van der Waals surface area contributed by atoms with Gasteiger partial charge in [-0.15, -0.1) is 0 Å². The van der Waals surface area contributed by atoms with Crippen molar-refractivity contribution in [1.29, 1.82) is 0 Å². The van der Waals surface area contributed by atoms with Crippen LogP contribution in [0.15, 0.2) is 48.8 Å². The molecule has 2 heterocycles. The van der Waals surface area contributed by atoms with Crippen LogP contribution in [0.25, 0.3) is 0 Å². The second-order valence-electron chi connectivity index (χ2n) is 6.18. The summed E-state index contributed by atoms with van der Waals surface area (Å²) in [5, 5.41) is 3.19. The summed E-state index contributed by atoms with van der Waals surface area (Å²) >= 11 is 0. The van der Waals surface area contributed by atoms with Crippen LogP contribution in [0.2, 0.25) is 0 Å². The number of likely N-dealkylation sites (tertiary alicyclic amines) is 1. The molecule has 1 aliphatic rings. The van der Waals surface area contributed by atoms with Gasteiger partial charge in [0.15, 0.2) is 0 Å². The van der Waals surface area contributed by atoms with Crippen LogP contribution < -0.4 is 5.32 Å². The van der Waals surface area contributed by atoms with E-state index in [2.05, 4.69) is 46.4 Å². The van der Waals surface area contributed by atoms with E-state index in [4.69, 9.17) is 0 Å². The van der Waals surface area contributed by atoms with Gasteiger partial charge in [0.1, 0.15) is 0 Å². The van der Waals surface area contributed by atoms with Crippen LogP contribution in [-0.4, -0.2) is 35.4 Å². The highest BCUT2D eigenvalue weighted by atomic mass is 16.2. The molecular weight excluding hydrogens is 286 g/mol. The third-order valence-corrected chi connectivity index (χ3v) is 4.32. The fourth-order valence-corrected chi connectivity index (χ4v) is 3.02. The number of benzene rings is 1. The Bertz CT molecular complexity index is 633. The maximum Gasteiger partial charge on any atom is 0.234 e. The number of pyridine rings is 1. The molecule has 0 unspecified atom stereocenters. The average Bonchev–Trinajstić information content (AvgIpc) is 3.07. The molecule has 3 rings (SSSR count). The Morgan fingerprint density at radius 3 is 2.35 bits per heavy atom. The van der Waals surface area contributed by atoms with Crippen LogP contribution in [0.4, 0.5) is 0 Å². The van der Waals surface area contributed by atoms with Crippen molar-refractivity contribution in [2.45, 2.75) is 25.8 Å². The van der Waals surface area contributed by atoms with Crippen molar-refractivity contribution in [3.63, 3.8) is 0 Å². The third kappa shape index (κ3) is 4.17. The van der Waals surface area contributed by atoms with Gasteiger partial charge in [-0.2, -0.15) is 0 Å². The molecule has 1 aromatic carbocycles. The number of aryl methyl sites for hydroxylation is 1. The summed E-state index contributed by atoms with van der Waals surface area (Å²) in [6, 6.07) is 12.1. The molecule has 4 heteroatoms. The van der Waals surface area contributed by atoms with Gasteiger partial charge in [-0.1, -0.05) is 29.8 Å². The van der Waals surface area contributed by atoms with E-state index in [1.165, 1.54) is 18.4 Å². The fraction of sp³-hybridized carbons (Fsp3) is 0.368. The molecule has 1 fully saturated rings. The van der Waals surface area contributed by atoms with Gasteiger partial charge in [0.2, 0.25) is 5.91 Å². The molecular formula is C19H23N3O. The lowest BCUT2D eigenvalue weighted by Gasteiger charge is -2.22. The summed E-state index contributed by atoms with van der Waals surface area (Å²) in [7, 11) is 0. The number of carbonyl (C=O) groups excluding carboxylic acids is 1. The largest absolute Gasteiger partial charge is 0.344 e. The van der Waals surface area contributed by atoms with Crippen LogP contribution in [0, 0.1) is 6.92 Å². The van der Waals surface area contributed by atoms with Gasteiger partial charge in [-0.25, -0.2) is 0 Å². The lowest BCUT2D eigenvalue weighted by atomic mass is 9.98. The number of hydrogen-bond acceptors (Lipinski definition) is 3. The van der Waals surface area contributed by atoms with Crippen molar-refractivity contribution < 1.29 is 4.79 Å². The maximum atomic E-state index is 12.5. The Morgan fingerprint density at radius 2 is 1.70 bits per heavy atom. The highest BCUT2D eigenvalue weighted by Gasteiger charge is 2.20. The van der Waals surface area contributed by atoms with Gasteiger partial charge >= 0.3 is 0 Å². The average molecular weight is 309 g/mol. The second-order valence-corrected chi connectivity index (χ2v) is 6.18. The van der Waals surface area contributed by atoms with E-state index in [9.17, 15) is 4.79 Å². The standard InChI is InChI=1S/C19H23N3O/c1-15-4-6-16(7-5-15)19(17-8-10-20-11-9-17)21-18(23)14-22-12-2-3-13-22/h4-11,19H,2-3,12-14H2,1H3,(H,21,23)/t19-/m0/s1. The molecule has 0 radical (unpaired) electrons. The van der Waals surface area contributed by atoms with Crippen LogP contribution in [0.5, 0.6) is 0 Å². The smallest absolute Gasteiger partial charge is 0.234 e. The normalized spacial score (nSPS) is 16.2. The Kier molecular flexibility index (Phi) is 5.03. The van der Waals surface area contributed by atoms with Crippen LogP contribution in [-0.2, 0) is 4.79 Å². The Hall–Kier alpha value is -2.20. The SMILES string of the molecule is Cc1ccc([C@H](NC(=O)CN2CCCC2)c2ccncc2)cc1. The maximum absolute atomic E-state index is 12.5. The number of rotatable bonds is 5. The van der Waals surface area contributed by atoms with Crippen LogP contribution in [0.3, 0.4) is 0 Å². The Labute approximate surface area is 137 Å². The van der Waals surface area contributed by atoms with Crippen molar-refractivity contribution in [3.05, 3.63) is 65.5 Å². The molecule has 1 N–H and O–H groups in total. The second kappa shape index (κ2) is 7.38. The van der Waals surface area contributed by atoms with E-state index in [1.54, 1.807) is 12.4 Å². The summed E-state index contributed by atoms with van der Waals surface area (Å²) in [5.41, 5.74) is 3.36. The van der Waals surface area contributed by atoms with Crippen LogP contribution >= 0.6 is 0 Å². The predicted octanol–water partition coefficient (Wildman–Crippen LogP) is 2.69. The topological polar surface area (TPSA) is 45.2 Å². The minimum atomic E-state index is -0.131. The monoisotopic (exact) mass is 309 g/mol. The molecule has 2 aromatic rings. The van der Waals surface area contributed by atoms with E-state index in [0.29, 0.717) is 6.54 Å². The van der Waals surface area contributed by atoms with Gasteiger partial charge in [0, 0.05) is 12.4 Å². The van der Waals surface area contributed by atoms with Gasteiger partial charge in [-0.05, 0) is 56.1 Å². The zero-order chi connectivity index (χ0) is 16.1. The molecule has 1 aliphatic heterocycles. The molecule has 0 aliphatic carbocycles. The summed E-state index contributed by atoms with van der Waals surface area (Å²) < 4.78 is 0. The van der Waals surface area contributed by atoms with Gasteiger partial charge in [-0.3, -0.25) is 14.7 Å². The zero-order valence-corrected chi connectivity index (χ0v) is 13.5. The minimum absolute atomic E-state index is 0.0780. The number of aromatic nitrogens is 1. The number of amides is 1. The van der Waals surface area contributed by atoms with Crippen molar-refractivity contribution in [3.8, 4) is 0 Å². The first-order valence-electron chi connectivity index (χ1n) is 8.20. The highest BCUT2D eigenvalue weighted by molar-refractivity contribution is 5.79. The molecule has 1 amide bonds. The number of carbonyl (C=O) groups is 1. The summed E-state index contributed by atoms with van der Waals surface area (Å²) in [5.74, 6) is 0.0780. The fourth-order valence-electron chi connectivity index (χ4n) is 3.02. The first-order valence-corrected chi connectivity index (χ1v) is 8.20. The predicted molar refractivity (Wildman–Crippen MR) is 91.1 cm³/mol. The lowest BCUT2D eigenvalue weighted by Crippen LogP contribution is -2.38. The quantitative estimate of drug-likeness (QED) is 0.923. The summed E-state index contributed by atoms with van der Waals surface area (Å²) in [4.78, 5) is 18.7. The minimum Gasteiger partial charge on any atom is -0.344 e. The molecule has 4 nitrogen and oxygen atoms in total. The third-order valence-electron chi connectivity index (χ3n) is 4.32. The Balaban J connectivity index is 1.77. The van der Waals surface area contributed by atoms with E-state index in [1.807, 2.05) is 12.1 Å². The van der Waals surface area contributed by atoms with Gasteiger partial charge in [0.05, 0.1) is 12.6 Å². The molecule has 1 saturated heterocycles. The molecule has 0 bridgehead atoms.